The fraction of sp³-hybridized carbons (Fsp3) is 0.600. The van der Waals surface area contributed by atoms with Crippen LogP contribution in [0.25, 0.3) is 0 Å². The van der Waals surface area contributed by atoms with Crippen LogP contribution in [-0.4, -0.2) is 31.7 Å². The lowest BCUT2D eigenvalue weighted by Gasteiger charge is -2.23. The summed E-state index contributed by atoms with van der Waals surface area (Å²) in [6.45, 7) is 6.93. The minimum absolute atomic E-state index is 0.734. The van der Waals surface area contributed by atoms with Gasteiger partial charge in [-0.3, -0.25) is 9.59 Å². The normalized spacial score (nSPS) is 14.2. The van der Waals surface area contributed by atoms with Crippen molar-refractivity contribution >= 4 is 81.5 Å². The molecule has 2 atom stereocenters. The largest absolute Gasteiger partial charge is 0.453 e. The van der Waals surface area contributed by atoms with Crippen molar-refractivity contribution in [3.8, 4) is 0 Å². The van der Waals surface area contributed by atoms with E-state index in [-0.39, 0.29) is 0 Å². The average Bonchev–Trinajstić information content (AvgIpc) is 2.33. The van der Waals surface area contributed by atoms with Crippen LogP contribution in [0.5, 0.6) is 0 Å². The van der Waals surface area contributed by atoms with Crippen LogP contribution < -0.4 is 0 Å². The number of hydrogen-bond donors (Lipinski definition) is 0. The van der Waals surface area contributed by atoms with Crippen LogP contribution in [0.1, 0.15) is 34.1 Å². The molecule has 0 bridgehead atoms. The monoisotopic (exact) mass is 472 g/mol. The second-order valence-electron chi connectivity index (χ2n) is 5.57. The molecule has 0 aromatic carbocycles. The average molecular weight is 475 g/mol. The molecule has 0 saturated heterocycles. The van der Waals surface area contributed by atoms with E-state index < -0.39 is 38.2 Å². The molecular weight excluding hydrogens is 457 g/mol. The summed E-state index contributed by atoms with van der Waals surface area (Å²) < 4.78 is 6.26. The number of rotatable bonds is 6. The maximum atomic E-state index is 11.9. The van der Waals surface area contributed by atoms with Crippen molar-refractivity contribution in [1.82, 2.24) is 0 Å². The van der Waals surface area contributed by atoms with Gasteiger partial charge in [-0.05, 0) is 39.8 Å². The van der Waals surface area contributed by atoms with Crippen molar-refractivity contribution in [3.63, 3.8) is 0 Å². The Labute approximate surface area is 177 Å². The first-order valence-corrected chi connectivity index (χ1v) is 9.22. The van der Waals surface area contributed by atoms with Gasteiger partial charge in [0.25, 0.3) is 0 Å². The van der Waals surface area contributed by atoms with Crippen molar-refractivity contribution in [2.45, 2.75) is 53.9 Å². The number of esters is 2. The lowest BCUT2D eigenvalue weighted by Crippen LogP contribution is -2.33. The van der Waals surface area contributed by atoms with E-state index in [1.54, 1.807) is 27.7 Å². The topological polar surface area (TPSA) is 52.6 Å². The number of ether oxygens (including phenoxy) is 2. The molecule has 0 amide bonds. The van der Waals surface area contributed by atoms with Gasteiger partial charge in [-0.15, -0.1) is 0 Å². The van der Waals surface area contributed by atoms with Crippen LogP contribution in [0.2, 0.25) is 0 Å². The first kappa shape index (κ1) is 25.2. The van der Waals surface area contributed by atoms with Gasteiger partial charge in [0, 0.05) is 0 Å². The molecule has 0 radical (unpaired) electrons. The van der Waals surface area contributed by atoms with Crippen LogP contribution in [0, 0.1) is 0 Å². The van der Waals surface area contributed by atoms with Gasteiger partial charge >= 0.3 is 11.9 Å². The number of halogens is 6. The van der Waals surface area contributed by atoms with E-state index in [9.17, 15) is 9.59 Å². The van der Waals surface area contributed by atoms with Crippen molar-refractivity contribution in [3.05, 3.63) is 23.3 Å². The lowest BCUT2D eigenvalue weighted by molar-refractivity contribution is -0.157. The molecule has 144 valence electrons. The fourth-order valence-corrected chi connectivity index (χ4v) is 2.13. The van der Waals surface area contributed by atoms with Gasteiger partial charge in [-0.1, -0.05) is 80.8 Å². The summed E-state index contributed by atoms with van der Waals surface area (Å²) in [6, 6.07) is 0. The third kappa shape index (κ3) is 11.5. The maximum Gasteiger partial charge on any atom is 0.317 e. The van der Waals surface area contributed by atoms with E-state index in [2.05, 4.69) is 0 Å². The number of alkyl halides is 6. The Morgan fingerprint density at radius 1 is 0.760 bits per heavy atom. The summed E-state index contributed by atoms with van der Waals surface area (Å²) in [5, 5.41) is 0. The van der Waals surface area contributed by atoms with Crippen LogP contribution in [-0.2, 0) is 19.1 Å². The zero-order valence-corrected chi connectivity index (χ0v) is 18.5. The second kappa shape index (κ2) is 10.5. The van der Waals surface area contributed by atoms with Crippen molar-refractivity contribution < 1.29 is 19.1 Å². The fourth-order valence-electron chi connectivity index (χ4n) is 1.48. The maximum absolute atomic E-state index is 11.9. The van der Waals surface area contributed by atoms with E-state index in [1.807, 2.05) is 0 Å². The van der Waals surface area contributed by atoms with Crippen LogP contribution >= 0.6 is 69.6 Å². The van der Waals surface area contributed by atoms with Gasteiger partial charge < -0.3 is 9.47 Å². The van der Waals surface area contributed by atoms with Gasteiger partial charge in [0.05, 0.1) is 0 Å². The molecule has 0 aliphatic carbocycles. The summed E-state index contributed by atoms with van der Waals surface area (Å²) in [7, 11) is 0. The summed E-state index contributed by atoms with van der Waals surface area (Å²) in [4.78, 5) is 23.8. The minimum atomic E-state index is -1.89. The van der Waals surface area contributed by atoms with Gasteiger partial charge in [-0.25, -0.2) is 0 Å². The Bertz CT molecular complexity index is 489. The smallest absolute Gasteiger partial charge is 0.317 e. The van der Waals surface area contributed by atoms with Gasteiger partial charge in [-0.2, -0.15) is 0 Å². The van der Waals surface area contributed by atoms with E-state index in [1.165, 1.54) is 12.2 Å². The van der Waals surface area contributed by atoms with Gasteiger partial charge in [0.1, 0.15) is 6.42 Å². The summed E-state index contributed by atoms with van der Waals surface area (Å²) in [5.74, 6) is -1.89. The van der Waals surface area contributed by atoms with Gasteiger partial charge in [0.15, 0.2) is 12.2 Å². The molecule has 0 aromatic heterocycles. The Morgan fingerprint density at radius 3 is 1.24 bits per heavy atom. The summed E-state index contributed by atoms with van der Waals surface area (Å²) in [5.41, 5.74) is 1.51. The number of hydrogen-bond acceptors (Lipinski definition) is 4. The molecule has 0 fully saturated rings. The first-order valence-electron chi connectivity index (χ1n) is 6.95. The zero-order valence-electron chi connectivity index (χ0n) is 13.9. The SMILES string of the molecule is CC(C)=CC(OC(=O)CC(=O)OC(C=C(C)C)C(Cl)(Cl)Cl)C(Cl)(Cl)Cl. The number of carbonyl (C=O) groups is 2. The predicted octanol–water partition coefficient (Wildman–Crippen LogP) is 5.87. The highest BCUT2D eigenvalue weighted by Crippen LogP contribution is 2.35. The Morgan fingerprint density at radius 2 is 1.04 bits per heavy atom. The molecule has 0 rings (SSSR count). The predicted molar refractivity (Wildman–Crippen MR) is 104 cm³/mol. The van der Waals surface area contributed by atoms with Crippen LogP contribution in [0.3, 0.4) is 0 Å². The number of allylic oxidation sites excluding steroid dienone is 2. The van der Waals surface area contributed by atoms with Crippen LogP contribution in [0.4, 0.5) is 0 Å². The molecule has 4 nitrogen and oxygen atoms in total. The van der Waals surface area contributed by atoms with Crippen molar-refractivity contribution in [1.29, 1.82) is 0 Å². The molecule has 25 heavy (non-hydrogen) atoms. The molecule has 10 heteroatoms. The third-order valence-electron chi connectivity index (χ3n) is 2.42. The molecule has 2 unspecified atom stereocenters. The highest BCUT2D eigenvalue weighted by molar-refractivity contribution is 6.68. The van der Waals surface area contributed by atoms with Crippen molar-refractivity contribution in [2.24, 2.45) is 0 Å². The zero-order chi connectivity index (χ0) is 20.0. The van der Waals surface area contributed by atoms with Crippen molar-refractivity contribution in [2.75, 3.05) is 0 Å². The Kier molecular flexibility index (Phi) is 10.5. The van der Waals surface area contributed by atoms with E-state index in [0.29, 0.717) is 0 Å². The van der Waals surface area contributed by atoms with Crippen LogP contribution in [0.15, 0.2) is 23.3 Å². The van der Waals surface area contributed by atoms with Gasteiger partial charge in [0.2, 0.25) is 7.59 Å². The molecule has 0 N–H and O–H groups in total. The highest BCUT2D eigenvalue weighted by atomic mass is 35.6. The van der Waals surface area contributed by atoms with E-state index in [0.717, 1.165) is 11.1 Å². The molecule has 0 heterocycles. The van der Waals surface area contributed by atoms with E-state index in [4.69, 9.17) is 79.1 Å². The third-order valence-corrected chi connectivity index (χ3v) is 3.71. The Hall–Kier alpha value is 0.160. The standard InChI is InChI=1S/C15H18Cl6O4/c1-8(2)5-10(14(16,17)18)24-12(22)7-13(23)25-11(6-9(3)4)15(19,20)21/h5-6,10-11H,7H2,1-4H3. The molecule has 0 aliphatic heterocycles. The minimum Gasteiger partial charge on any atom is -0.453 e. The first-order chi connectivity index (χ1) is 11.1. The second-order valence-corrected chi connectivity index (χ2v) is 10.3. The summed E-state index contributed by atoms with van der Waals surface area (Å²) in [6.07, 6.45) is -0.163. The Balaban J connectivity index is 4.97. The molecule has 0 saturated carbocycles. The summed E-state index contributed by atoms with van der Waals surface area (Å²) >= 11 is 34.5. The molecular formula is C15H18Cl6O4. The highest BCUT2D eigenvalue weighted by Gasteiger charge is 2.37. The lowest BCUT2D eigenvalue weighted by atomic mass is 10.2. The molecule has 0 spiro atoms. The molecule has 0 aliphatic rings. The quantitative estimate of drug-likeness (QED) is 0.209. The molecule has 0 aromatic rings. The number of carbonyl (C=O) groups excluding carboxylic acids is 2. The van der Waals surface area contributed by atoms with E-state index >= 15 is 0 Å².